The first-order valence-electron chi connectivity index (χ1n) is 9.39. The zero-order valence-corrected chi connectivity index (χ0v) is 16.8. The van der Waals surface area contributed by atoms with Gasteiger partial charge in [0.25, 0.3) is 5.91 Å². The number of nitrogens with two attached hydrogens (primary N) is 1. The van der Waals surface area contributed by atoms with Gasteiger partial charge in [0.15, 0.2) is 0 Å². The quantitative estimate of drug-likeness (QED) is 0.650. The molecule has 0 saturated carbocycles. The molecule has 1 aromatic carbocycles. The van der Waals surface area contributed by atoms with Crippen molar-refractivity contribution in [3.8, 4) is 5.82 Å². The minimum absolute atomic E-state index is 0.112. The average molecular weight is 377 g/mol. The Morgan fingerprint density at radius 3 is 2.68 bits per heavy atom. The van der Waals surface area contributed by atoms with Crippen molar-refractivity contribution in [3.63, 3.8) is 0 Å². The van der Waals surface area contributed by atoms with E-state index in [0.717, 1.165) is 16.5 Å². The summed E-state index contributed by atoms with van der Waals surface area (Å²) in [6, 6.07) is 9.31. The van der Waals surface area contributed by atoms with Crippen molar-refractivity contribution in [2.75, 3.05) is 12.3 Å². The van der Waals surface area contributed by atoms with Crippen LogP contribution in [0.2, 0.25) is 0 Å². The van der Waals surface area contributed by atoms with Crippen LogP contribution in [0.5, 0.6) is 0 Å². The van der Waals surface area contributed by atoms with E-state index in [-0.39, 0.29) is 11.9 Å². The number of allylic oxidation sites excluding steroid dienone is 2. The van der Waals surface area contributed by atoms with E-state index < -0.39 is 0 Å². The van der Waals surface area contributed by atoms with Crippen molar-refractivity contribution in [1.82, 2.24) is 19.9 Å². The molecular weight excluding hydrogens is 350 g/mol. The molecule has 3 rings (SSSR count). The van der Waals surface area contributed by atoms with Gasteiger partial charge < -0.3 is 15.6 Å². The summed E-state index contributed by atoms with van der Waals surface area (Å²) >= 11 is 0. The summed E-state index contributed by atoms with van der Waals surface area (Å²) in [6.07, 6.45) is 9.41. The third-order valence-electron chi connectivity index (χ3n) is 4.09. The lowest BCUT2D eigenvalue weighted by Gasteiger charge is -2.08. The number of aromatic nitrogens is 3. The number of hydrogen-bond donors (Lipinski definition) is 2. The lowest BCUT2D eigenvalue weighted by molar-refractivity contribution is 0.0959. The third-order valence-corrected chi connectivity index (χ3v) is 4.09. The molecule has 0 unspecified atom stereocenters. The van der Waals surface area contributed by atoms with Crippen molar-refractivity contribution in [1.29, 1.82) is 0 Å². The van der Waals surface area contributed by atoms with Gasteiger partial charge in [-0.2, -0.15) is 4.98 Å². The Labute approximate surface area is 165 Å². The van der Waals surface area contributed by atoms with Crippen LogP contribution in [0.3, 0.4) is 0 Å². The molecule has 0 aliphatic heterocycles. The summed E-state index contributed by atoms with van der Waals surface area (Å²) in [5.41, 5.74) is 8.25. The van der Waals surface area contributed by atoms with Crippen molar-refractivity contribution in [3.05, 3.63) is 72.1 Å². The highest BCUT2D eigenvalue weighted by Gasteiger charge is 2.13. The van der Waals surface area contributed by atoms with E-state index in [4.69, 9.17) is 5.73 Å². The summed E-state index contributed by atoms with van der Waals surface area (Å²) in [6.45, 7) is 8.39. The third kappa shape index (κ3) is 4.65. The largest absolute Gasteiger partial charge is 0.368 e. The van der Waals surface area contributed by atoms with Crippen LogP contribution < -0.4 is 11.1 Å². The highest BCUT2D eigenvalue weighted by molar-refractivity contribution is 6.06. The van der Waals surface area contributed by atoms with Crippen LogP contribution in [-0.4, -0.2) is 27.0 Å². The van der Waals surface area contributed by atoms with Crippen LogP contribution in [-0.2, 0) is 0 Å². The van der Waals surface area contributed by atoms with Crippen LogP contribution in [0.25, 0.3) is 16.7 Å². The first kappa shape index (κ1) is 20.9. The molecule has 2 aromatic heterocycles. The molecule has 0 aliphatic carbocycles. The molecule has 0 bridgehead atoms. The summed E-state index contributed by atoms with van der Waals surface area (Å²) in [5, 5.41) is 3.83. The van der Waals surface area contributed by atoms with E-state index in [1.54, 1.807) is 12.3 Å². The van der Waals surface area contributed by atoms with E-state index in [0.29, 0.717) is 17.9 Å². The Kier molecular flexibility index (Phi) is 7.51. The average Bonchev–Trinajstić information content (AvgIpc) is 3.16. The number of nitrogens with one attached hydrogen (secondary N) is 1. The Hall–Kier alpha value is -3.41. The summed E-state index contributed by atoms with van der Waals surface area (Å²) in [5.74, 6) is 0.759. The second-order valence-electron chi connectivity index (χ2n) is 5.74. The number of rotatable bonds is 5. The number of benzene rings is 1. The molecule has 0 fully saturated rings. The smallest absolute Gasteiger partial charge is 0.252 e. The SMILES string of the molecule is C/C=C\C(=C/C)CNC(=O)c1cccc2c1ccn2-c1ccnc(N)n1.CC. The highest BCUT2D eigenvalue weighted by atomic mass is 16.1. The van der Waals surface area contributed by atoms with Gasteiger partial charge in [-0.3, -0.25) is 4.79 Å². The van der Waals surface area contributed by atoms with E-state index in [9.17, 15) is 4.79 Å². The Morgan fingerprint density at radius 2 is 2.00 bits per heavy atom. The lowest BCUT2D eigenvalue weighted by Crippen LogP contribution is -2.25. The summed E-state index contributed by atoms with van der Waals surface area (Å²) in [7, 11) is 0. The van der Waals surface area contributed by atoms with Crippen molar-refractivity contribution in [2.45, 2.75) is 27.7 Å². The summed E-state index contributed by atoms with van der Waals surface area (Å²) in [4.78, 5) is 20.8. The number of hydrogen-bond acceptors (Lipinski definition) is 4. The number of fused-ring (bicyclic) bond motifs is 1. The van der Waals surface area contributed by atoms with Crippen LogP contribution in [0.15, 0.2) is 66.5 Å². The molecule has 28 heavy (non-hydrogen) atoms. The van der Waals surface area contributed by atoms with Gasteiger partial charge in [0.2, 0.25) is 5.95 Å². The van der Waals surface area contributed by atoms with Crippen molar-refractivity contribution < 1.29 is 4.79 Å². The van der Waals surface area contributed by atoms with E-state index in [1.165, 1.54) is 0 Å². The molecule has 6 nitrogen and oxygen atoms in total. The predicted octanol–water partition coefficient (Wildman–Crippen LogP) is 4.28. The minimum Gasteiger partial charge on any atom is -0.368 e. The molecule has 3 N–H and O–H groups in total. The Morgan fingerprint density at radius 1 is 1.21 bits per heavy atom. The Bertz CT molecular complexity index is 1000. The fourth-order valence-electron chi connectivity index (χ4n) is 2.81. The topological polar surface area (TPSA) is 85.8 Å². The molecule has 1 amide bonds. The molecular formula is C22H27N5O. The van der Waals surface area contributed by atoms with Crippen LogP contribution >= 0.6 is 0 Å². The van der Waals surface area contributed by atoms with Gasteiger partial charge in [-0.1, -0.05) is 38.1 Å². The fraction of sp³-hybridized carbons (Fsp3) is 0.227. The minimum atomic E-state index is -0.112. The zero-order chi connectivity index (χ0) is 20.5. The maximum atomic E-state index is 12.7. The molecule has 0 saturated heterocycles. The van der Waals surface area contributed by atoms with Gasteiger partial charge in [0.05, 0.1) is 5.52 Å². The second kappa shape index (κ2) is 10.1. The number of amides is 1. The first-order valence-corrected chi connectivity index (χ1v) is 9.39. The number of anilines is 1. The zero-order valence-electron chi connectivity index (χ0n) is 16.8. The van der Waals surface area contributed by atoms with Crippen molar-refractivity contribution in [2.24, 2.45) is 0 Å². The molecule has 0 spiro atoms. The molecule has 0 radical (unpaired) electrons. The maximum Gasteiger partial charge on any atom is 0.252 e. The van der Waals surface area contributed by atoms with Gasteiger partial charge in [-0.25, -0.2) is 4.98 Å². The van der Waals surface area contributed by atoms with Gasteiger partial charge >= 0.3 is 0 Å². The lowest BCUT2D eigenvalue weighted by atomic mass is 10.1. The van der Waals surface area contributed by atoms with Crippen LogP contribution in [0, 0.1) is 0 Å². The Balaban J connectivity index is 0.00000136. The normalized spacial score (nSPS) is 11.4. The van der Waals surface area contributed by atoms with Crippen molar-refractivity contribution >= 4 is 22.8 Å². The maximum absolute atomic E-state index is 12.7. The van der Waals surface area contributed by atoms with Crippen LogP contribution in [0.4, 0.5) is 5.95 Å². The molecule has 0 atom stereocenters. The predicted molar refractivity (Wildman–Crippen MR) is 116 cm³/mol. The highest BCUT2D eigenvalue weighted by Crippen LogP contribution is 2.23. The molecule has 6 heteroatoms. The number of nitrogen functional groups attached to an aromatic ring is 1. The second-order valence-corrected chi connectivity index (χ2v) is 5.74. The van der Waals surface area contributed by atoms with Gasteiger partial charge in [0, 0.05) is 29.9 Å². The standard InChI is InChI=1S/C20H21N5O.C2H6/c1-3-6-14(4-2)13-23-19(26)16-7-5-8-17-15(16)10-12-25(17)18-9-11-22-20(21)24-18;1-2/h3-12H,13H2,1-2H3,(H,23,26)(H2,21,22,24);1-2H3/b6-3-,14-4+;. The fourth-order valence-corrected chi connectivity index (χ4v) is 2.81. The number of carbonyl (C=O) groups excluding carboxylic acids is 1. The molecule has 3 aromatic rings. The van der Waals surface area contributed by atoms with Gasteiger partial charge in [0.1, 0.15) is 5.82 Å². The van der Waals surface area contributed by atoms with E-state index >= 15 is 0 Å². The van der Waals surface area contributed by atoms with E-state index in [2.05, 4.69) is 15.3 Å². The summed E-state index contributed by atoms with van der Waals surface area (Å²) < 4.78 is 1.89. The number of carbonyl (C=O) groups is 1. The molecule has 2 heterocycles. The van der Waals surface area contributed by atoms with E-state index in [1.807, 2.05) is 81.0 Å². The van der Waals surface area contributed by atoms with Gasteiger partial charge in [-0.05, 0) is 43.7 Å². The van der Waals surface area contributed by atoms with Crippen LogP contribution in [0.1, 0.15) is 38.1 Å². The monoisotopic (exact) mass is 377 g/mol. The number of nitrogens with zero attached hydrogens (tertiary/aromatic N) is 3. The molecule has 0 aliphatic rings. The first-order chi connectivity index (χ1) is 13.6. The van der Waals surface area contributed by atoms with Gasteiger partial charge in [-0.15, -0.1) is 0 Å². The molecule has 146 valence electrons.